The molecule has 0 aromatic heterocycles. The molecular formula is C17H17NO8. The number of fused-ring (bicyclic) bond motifs is 4. The molecule has 26 heavy (non-hydrogen) atoms. The van der Waals surface area contributed by atoms with Gasteiger partial charge in [0.1, 0.15) is 18.3 Å². The van der Waals surface area contributed by atoms with Gasteiger partial charge in [-0.25, -0.2) is 4.84 Å². The third-order valence-electron chi connectivity index (χ3n) is 4.75. The SMILES string of the molecule is CC1(C)O[C@H]2O[C@@H]3[C@H](ON4C(=O)c5ccccc5C4=O)OCO[C@@H]3[C@H]2O1. The molecule has 3 saturated heterocycles. The van der Waals surface area contributed by atoms with E-state index in [1.54, 1.807) is 38.1 Å². The number of rotatable bonds is 2. The van der Waals surface area contributed by atoms with Crippen molar-refractivity contribution < 1.29 is 38.1 Å². The standard InChI is InChI=1S/C17H17NO8/c1-17(2)24-12-10-11(23-16(12)25-17)15(22-7-21-10)26-18-13(19)8-5-3-4-6-9(8)14(18)20/h3-6,10-12,15-16H,7H2,1-2H3/t10-,11-,12+,15-,16+/m0/s1. The van der Waals surface area contributed by atoms with Gasteiger partial charge in [-0.1, -0.05) is 12.1 Å². The lowest BCUT2D eigenvalue weighted by atomic mass is 10.1. The van der Waals surface area contributed by atoms with E-state index in [1.165, 1.54) is 0 Å². The van der Waals surface area contributed by atoms with Crippen molar-refractivity contribution in [2.75, 3.05) is 6.79 Å². The molecule has 1 aromatic rings. The number of benzene rings is 1. The van der Waals surface area contributed by atoms with E-state index in [1.807, 2.05) is 0 Å². The molecule has 4 aliphatic rings. The molecule has 3 fully saturated rings. The van der Waals surface area contributed by atoms with E-state index < -0.39 is 48.5 Å². The molecule has 5 rings (SSSR count). The summed E-state index contributed by atoms with van der Waals surface area (Å²) in [5.74, 6) is -1.85. The average molecular weight is 363 g/mol. The highest BCUT2D eigenvalue weighted by atomic mass is 16.9. The molecule has 4 heterocycles. The Morgan fingerprint density at radius 3 is 2.38 bits per heavy atom. The van der Waals surface area contributed by atoms with Crippen LogP contribution in [0.2, 0.25) is 0 Å². The van der Waals surface area contributed by atoms with E-state index in [9.17, 15) is 9.59 Å². The van der Waals surface area contributed by atoms with Gasteiger partial charge in [-0.2, -0.15) is 0 Å². The van der Waals surface area contributed by atoms with Crippen molar-refractivity contribution >= 4 is 11.8 Å². The monoisotopic (exact) mass is 363 g/mol. The summed E-state index contributed by atoms with van der Waals surface area (Å²) in [6.07, 6.45) is -3.26. The van der Waals surface area contributed by atoms with Crippen molar-refractivity contribution in [1.29, 1.82) is 0 Å². The first-order valence-electron chi connectivity index (χ1n) is 8.33. The van der Waals surface area contributed by atoms with Crippen LogP contribution in [0.3, 0.4) is 0 Å². The van der Waals surface area contributed by atoms with Crippen molar-refractivity contribution in [2.45, 2.75) is 50.5 Å². The third-order valence-corrected chi connectivity index (χ3v) is 4.75. The number of hydrogen-bond donors (Lipinski definition) is 0. The van der Waals surface area contributed by atoms with Gasteiger partial charge in [0.2, 0.25) is 6.29 Å². The summed E-state index contributed by atoms with van der Waals surface area (Å²) in [7, 11) is 0. The number of ether oxygens (including phenoxy) is 5. The number of nitrogens with zero attached hydrogens (tertiary/aromatic N) is 1. The summed E-state index contributed by atoms with van der Waals surface area (Å²) in [4.78, 5) is 30.5. The number of imide groups is 1. The predicted molar refractivity (Wildman–Crippen MR) is 81.3 cm³/mol. The van der Waals surface area contributed by atoms with Crippen molar-refractivity contribution in [1.82, 2.24) is 5.06 Å². The number of carbonyl (C=O) groups excluding carboxylic acids is 2. The molecular weight excluding hydrogens is 346 g/mol. The van der Waals surface area contributed by atoms with E-state index in [2.05, 4.69) is 0 Å². The molecule has 2 amide bonds. The second kappa shape index (κ2) is 5.56. The van der Waals surface area contributed by atoms with Gasteiger partial charge in [0.25, 0.3) is 11.8 Å². The number of hydrogen-bond acceptors (Lipinski definition) is 8. The van der Waals surface area contributed by atoms with Crippen LogP contribution in [-0.4, -0.2) is 60.3 Å². The molecule has 0 spiro atoms. The Morgan fingerprint density at radius 1 is 1.00 bits per heavy atom. The van der Waals surface area contributed by atoms with Crippen LogP contribution in [0.5, 0.6) is 0 Å². The summed E-state index contributed by atoms with van der Waals surface area (Å²) in [6, 6.07) is 6.53. The average Bonchev–Trinajstić information content (AvgIpc) is 3.18. The van der Waals surface area contributed by atoms with Crippen molar-refractivity contribution in [3.05, 3.63) is 35.4 Å². The Hall–Kier alpha value is -1.88. The number of amides is 2. The topological polar surface area (TPSA) is 92.8 Å². The van der Waals surface area contributed by atoms with Crippen LogP contribution in [0.25, 0.3) is 0 Å². The van der Waals surface area contributed by atoms with Crippen LogP contribution >= 0.6 is 0 Å². The van der Waals surface area contributed by atoms with Gasteiger partial charge in [-0.05, 0) is 26.0 Å². The maximum Gasteiger partial charge on any atom is 0.285 e. The van der Waals surface area contributed by atoms with Crippen LogP contribution in [-0.2, 0) is 28.5 Å². The molecule has 0 bridgehead atoms. The Bertz CT molecular complexity index is 745. The number of carbonyl (C=O) groups is 2. The van der Waals surface area contributed by atoms with E-state index >= 15 is 0 Å². The summed E-state index contributed by atoms with van der Waals surface area (Å²) in [5.41, 5.74) is 0.581. The highest BCUT2D eigenvalue weighted by Crippen LogP contribution is 2.42. The largest absolute Gasteiger partial charge is 0.346 e. The predicted octanol–water partition coefficient (Wildman–Crippen LogP) is 0.790. The zero-order valence-electron chi connectivity index (χ0n) is 14.1. The van der Waals surface area contributed by atoms with Gasteiger partial charge in [0.15, 0.2) is 18.9 Å². The summed E-state index contributed by atoms with van der Waals surface area (Å²) < 4.78 is 28.4. The smallest absolute Gasteiger partial charge is 0.285 e. The lowest BCUT2D eigenvalue weighted by molar-refractivity contribution is -0.353. The quantitative estimate of drug-likeness (QED) is 0.712. The molecule has 0 saturated carbocycles. The van der Waals surface area contributed by atoms with Crippen LogP contribution in [0, 0.1) is 0 Å². The second-order valence-electron chi connectivity index (χ2n) is 6.91. The maximum atomic E-state index is 12.5. The first kappa shape index (κ1) is 16.3. The van der Waals surface area contributed by atoms with Crippen LogP contribution < -0.4 is 0 Å². The zero-order chi connectivity index (χ0) is 18.1. The Balaban J connectivity index is 1.35. The summed E-state index contributed by atoms with van der Waals surface area (Å²) >= 11 is 0. The fourth-order valence-electron chi connectivity index (χ4n) is 3.65. The van der Waals surface area contributed by atoms with Gasteiger partial charge < -0.3 is 23.7 Å². The minimum atomic E-state index is -1.00. The maximum absolute atomic E-state index is 12.5. The van der Waals surface area contributed by atoms with Gasteiger partial charge in [0, 0.05) is 0 Å². The Morgan fingerprint density at radius 2 is 1.69 bits per heavy atom. The highest BCUT2D eigenvalue weighted by molar-refractivity contribution is 6.20. The molecule has 9 nitrogen and oxygen atoms in total. The minimum absolute atomic E-state index is 0.0780. The zero-order valence-corrected chi connectivity index (χ0v) is 14.1. The lowest BCUT2D eigenvalue weighted by Crippen LogP contribution is -2.52. The molecule has 4 aliphatic heterocycles. The molecule has 0 unspecified atom stereocenters. The fraction of sp³-hybridized carbons (Fsp3) is 0.529. The molecule has 138 valence electrons. The minimum Gasteiger partial charge on any atom is -0.346 e. The normalized spacial score (nSPS) is 37.6. The van der Waals surface area contributed by atoms with Crippen molar-refractivity contribution in [3.8, 4) is 0 Å². The highest BCUT2D eigenvalue weighted by Gasteiger charge is 2.60. The van der Waals surface area contributed by atoms with Crippen molar-refractivity contribution in [2.24, 2.45) is 0 Å². The number of hydroxylamine groups is 2. The summed E-state index contributed by atoms with van der Waals surface area (Å²) in [6.45, 7) is 3.50. The third kappa shape index (κ3) is 2.33. The molecule has 0 radical (unpaired) electrons. The molecule has 9 heteroatoms. The van der Waals surface area contributed by atoms with E-state index in [0.29, 0.717) is 16.2 Å². The Labute approximate surface area is 148 Å². The lowest BCUT2D eigenvalue weighted by Gasteiger charge is -2.35. The van der Waals surface area contributed by atoms with Crippen LogP contribution in [0.1, 0.15) is 34.6 Å². The van der Waals surface area contributed by atoms with Gasteiger partial charge in [0.05, 0.1) is 11.1 Å². The Kier molecular flexibility index (Phi) is 3.48. The van der Waals surface area contributed by atoms with E-state index in [4.69, 9.17) is 28.5 Å². The van der Waals surface area contributed by atoms with Gasteiger partial charge in [-0.3, -0.25) is 9.59 Å². The summed E-state index contributed by atoms with van der Waals surface area (Å²) in [5, 5.41) is 0.709. The van der Waals surface area contributed by atoms with Gasteiger partial charge in [-0.15, -0.1) is 5.06 Å². The first-order valence-corrected chi connectivity index (χ1v) is 8.33. The molecule has 0 aliphatic carbocycles. The first-order chi connectivity index (χ1) is 12.4. The fourth-order valence-corrected chi connectivity index (χ4v) is 3.65. The van der Waals surface area contributed by atoms with E-state index in [-0.39, 0.29) is 6.79 Å². The van der Waals surface area contributed by atoms with E-state index in [0.717, 1.165) is 0 Å². The van der Waals surface area contributed by atoms with Gasteiger partial charge >= 0.3 is 0 Å². The molecule has 1 aromatic carbocycles. The second-order valence-corrected chi connectivity index (χ2v) is 6.91. The van der Waals surface area contributed by atoms with Crippen LogP contribution in [0.15, 0.2) is 24.3 Å². The van der Waals surface area contributed by atoms with Crippen molar-refractivity contribution in [3.63, 3.8) is 0 Å². The molecule has 5 atom stereocenters. The van der Waals surface area contributed by atoms with Crippen LogP contribution in [0.4, 0.5) is 0 Å². The molecule has 0 N–H and O–H groups in total.